The molecule has 0 saturated heterocycles. The van der Waals surface area contributed by atoms with E-state index in [4.69, 9.17) is 5.21 Å². The second kappa shape index (κ2) is 5.79. The first-order valence-corrected chi connectivity index (χ1v) is 3.35. The maximum Gasteiger partial charge on any atom is 0.0353 e. The Kier molecular flexibility index (Phi) is 5.57. The number of hydrogen-bond acceptors (Lipinski definition) is 2. The Morgan fingerprint density at radius 2 is 2.44 bits per heavy atom. The minimum absolute atomic E-state index is 0.201. The molecule has 0 rings (SSSR count). The highest BCUT2D eigenvalue weighted by atomic mass is 16.5. The second-order valence-corrected chi connectivity index (χ2v) is 2.14. The van der Waals surface area contributed by atoms with Crippen LogP contribution in [0.1, 0.15) is 26.2 Å². The third kappa shape index (κ3) is 4.18. The van der Waals surface area contributed by atoms with E-state index >= 15 is 0 Å². The molecule has 54 valence electrons. The molecular formula is C7H15NO. The topological polar surface area (TPSA) is 32.3 Å². The average Bonchev–Trinajstić information content (AvgIpc) is 1.88. The zero-order chi connectivity index (χ0) is 7.11. The predicted molar refractivity (Wildman–Crippen MR) is 38.4 cm³/mol. The van der Waals surface area contributed by atoms with Crippen LogP contribution in [0.3, 0.4) is 0 Å². The van der Waals surface area contributed by atoms with Crippen LogP contribution in [-0.2, 0) is 0 Å². The SMILES string of the molecule is C=CCC(CCC)NO. The van der Waals surface area contributed by atoms with E-state index in [1.807, 2.05) is 6.08 Å². The van der Waals surface area contributed by atoms with Crippen molar-refractivity contribution in [1.82, 2.24) is 5.48 Å². The normalized spacial score (nSPS) is 13.1. The van der Waals surface area contributed by atoms with Crippen molar-refractivity contribution >= 4 is 0 Å². The minimum Gasteiger partial charge on any atom is -0.317 e. The molecule has 2 nitrogen and oxygen atoms in total. The summed E-state index contributed by atoms with van der Waals surface area (Å²) in [6.07, 6.45) is 4.74. The van der Waals surface area contributed by atoms with E-state index in [1.165, 1.54) is 0 Å². The zero-order valence-electron chi connectivity index (χ0n) is 5.93. The van der Waals surface area contributed by atoms with Crippen LogP contribution in [0.4, 0.5) is 0 Å². The van der Waals surface area contributed by atoms with Crippen molar-refractivity contribution in [2.75, 3.05) is 0 Å². The monoisotopic (exact) mass is 129 g/mol. The van der Waals surface area contributed by atoms with Crippen molar-refractivity contribution in [2.24, 2.45) is 0 Å². The van der Waals surface area contributed by atoms with Gasteiger partial charge in [-0.3, -0.25) is 0 Å². The van der Waals surface area contributed by atoms with Crippen LogP contribution in [0.25, 0.3) is 0 Å². The van der Waals surface area contributed by atoms with Crippen LogP contribution in [-0.4, -0.2) is 11.2 Å². The molecule has 0 aliphatic carbocycles. The van der Waals surface area contributed by atoms with Gasteiger partial charge in [0.25, 0.3) is 0 Å². The van der Waals surface area contributed by atoms with Gasteiger partial charge in [-0.25, -0.2) is 5.48 Å². The van der Waals surface area contributed by atoms with Gasteiger partial charge in [0.2, 0.25) is 0 Å². The summed E-state index contributed by atoms with van der Waals surface area (Å²) in [7, 11) is 0. The lowest BCUT2D eigenvalue weighted by Crippen LogP contribution is -2.24. The molecule has 1 unspecified atom stereocenters. The van der Waals surface area contributed by atoms with E-state index in [0.29, 0.717) is 0 Å². The maximum absolute atomic E-state index is 8.49. The molecule has 2 heteroatoms. The number of hydrogen-bond donors (Lipinski definition) is 2. The molecule has 0 aromatic carbocycles. The van der Waals surface area contributed by atoms with Crippen molar-refractivity contribution in [3.63, 3.8) is 0 Å². The lowest BCUT2D eigenvalue weighted by molar-refractivity contribution is 0.122. The summed E-state index contributed by atoms with van der Waals surface area (Å²) in [6.45, 7) is 5.67. The molecule has 0 aromatic heterocycles. The van der Waals surface area contributed by atoms with Gasteiger partial charge in [0, 0.05) is 6.04 Å². The second-order valence-electron chi connectivity index (χ2n) is 2.14. The van der Waals surface area contributed by atoms with Crippen molar-refractivity contribution < 1.29 is 5.21 Å². The van der Waals surface area contributed by atoms with Crippen LogP contribution in [0.15, 0.2) is 12.7 Å². The summed E-state index contributed by atoms with van der Waals surface area (Å²) >= 11 is 0. The molecular weight excluding hydrogens is 114 g/mol. The fraction of sp³-hybridized carbons (Fsp3) is 0.714. The van der Waals surface area contributed by atoms with E-state index in [-0.39, 0.29) is 6.04 Å². The predicted octanol–water partition coefficient (Wildman–Crippen LogP) is 1.71. The van der Waals surface area contributed by atoms with Crippen molar-refractivity contribution in [3.05, 3.63) is 12.7 Å². The minimum atomic E-state index is 0.201. The van der Waals surface area contributed by atoms with Crippen molar-refractivity contribution in [3.8, 4) is 0 Å². The van der Waals surface area contributed by atoms with Crippen LogP contribution >= 0.6 is 0 Å². The highest BCUT2D eigenvalue weighted by molar-refractivity contribution is 4.74. The van der Waals surface area contributed by atoms with Crippen LogP contribution in [0, 0.1) is 0 Å². The largest absolute Gasteiger partial charge is 0.317 e. The molecule has 0 fully saturated rings. The van der Waals surface area contributed by atoms with E-state index < -0.39 is 0 Å². The van der Waals surface area contributed by atoms with Gasteiger partial charge in [0.15, 0.2) is 0 Å². The summed E-state index contributed by atoms with van der Waals surface area (Å²) in [6, 6.07) is 0.201. The Labute approximate surface area is 56.5 Å². The quantitative estimate of drug-likeness (QED) is 0.437. The first kappa shape index (κ1) is 8.66. The standard InChI is InChI=1S/C7H15NO/c1-3-5-7(8-9)6-4-2/h3,7-9H,1,4-6H2,2H3. The van der Waals surface area contributed by atoms with E-state index in [9.17, 15) is 0 Å². The van der Waals surface area contributed by atoms with E-state index in [1.54, 1.807) is 0 Å². The Balaban J connectivity index is 3.28. The summed E-state index contributed by atoms with van der Waals surface area (Å²) in [5.74, 6) is 0. The lowest BCUT2D eigenvalue weighted by Gasteiger charge is -2.09. The van der Waals surface area contributed by atoms with E-state index in [2.05, 4.69) is 19.0 Å². The summed E-state index contributed by atoms with van der Waals surface area (Å²) in [5.41, 5.74) is 2.23. The van der Waals surface area contributed by atoms with Gasteiger partial charge in [-0.2, -0.15) is 0 Å². The first-order valence-electron chi connectivity index (χ1n) is 3.35. The molecule has 0 heterocycles. The van der Waals surface area contributed by atoms with Gasteiger partial charge in [-0.15, -0.1) is 6.58 Å². The fourth-order valence-electron chi connectivity index (χ4n) is 0.785. The molecule has 0 aromatic rings. The number of nitrogens with one attached hydrogen (secondary N) is 1. The molecule has 0 aliphatic rings. The number of hydroxylamine groups is 1. The fourth-order valence-corrected chi connectivity index (χ4v) is 0.785. The molecule has 9 heavy (non-hydrogen) atoms. The molecule has 0 saturated carbocycles. The highest BCUT2D eigenvalue weighted by Crippen LogP contribution is 2.00. The molecule has 0 spiro atoms. The van der Waals surface area contributed by atoms with Crippen LogP contribution in [0.2, 0.25) is 0 Å². The van der Waals surface area contributed by atoms with Gasteiger partial charge in [-0.1, -0.05) is 19.4 Å². The van der Waals surface area contributed by atoms with Crippen LogP contribution in [0.5, 0.6) is 0 Å². The lowest BCUT2D eigenvalue weighted by atomic mass is 10.1. The van der Waals surface area contributed by atoms with Gasteiger partial charge in [0.05, 0.1) is 0 Å². The molecule has 0 amide bonds. The van der Waals surface area contributed by atoms with Gasteiger partial charge in [0.1, 0.15) is 0 Å². The molecule has 0 bridgehead atoms. The van der Waals surface area contributed by atoms with Crippen molar-refractivity contribution in [2.45, 2.75) is 32.2 Å². The zero-order valence-corrected chi connectivity index (χ0v) is 5.93. The first-order chi connectivity index (χ1) is 4.35. The van der Waals surface area contributed by atoms with Gasteiger partial charge >= 0.3 is 0 Å². The summed E-state index contributed by atoms with van der Waals surface area (Å²) in [5, 5.41) is 8.49. The summed E-state index contributed by atoms with van der Waals surface area (Å²) < 4.78 is 0. The van der Waals surface area contributed by atoms with Crippen molar-refractivity contribution in [1.29, 1.82) is 0 Å². The van der Waals surface area contributed by atoms with Crippen LogP contribution < -0.4 is 5.48 Å². The Bertz CT molecular complexity index is 73.3. The Hall–Kier alpha value is -0.340. The number of rotatable bonds is 5. The smallest absolute Gasteiger partial charge is 0.0353 e. The molecule has 1 atom stereocenters. The van der Waals surface area contributed by atoms with Gasteiger partial charge < -0.3 is 5.21 Å². The molecule has 2 N–H and O–H groups in total. The van der Waals surface area contributed by atoms with Gasteiger partial charge in [-0.05, 0) is 12.8 Å². The average molecular weight is 129 g/mol. The summed E-state index contributed by atoms with van der Waals surface area (Å²) in [4.78, 5) is 0. The highest BCUT2D eigenvalue weighted by Gasteiger charge is 2.00. The third-order valence-corrected chi connectivity index (χ3v) is 1.27. The maximum atomic E-state index is 8.49. The Morgan fingerprint density at radius 1 is 1.78 bits per heavy atom. The molecule has 0 aliphatic heterocycles. The molecule has 0 radical (unpaired) electrons. The third-order valence-electron chi connectivity index (χ3n) is 1.27. The Morgan fingerprint density at radius 3 is 2.78 bits per heavy atom. The van der Waals surface area contributed by atoms with E-state index in [0.717, 1.165) is 19.3 Å².